The summed E-state index contributed by atoms with van der Waals surface area (Å²) in [5, 5.41) is 5.03. The monoisotopic (exact) mass is 421 g/mol. The Hall–Kier alpha value is -3.48. The molecule has 1 amide bonds. The Bertz CT molecular complexity index is 1140. The summed E-state index contributed by atoms with van der Waals surface area (Å²) in [4.78, 5) is 40.6. The van der Waals surface area contributed by atoms with E-state index >= 15 is 0 Å². The lowest BCUT2D eigenvalue weighted by Gasteiger charge is -2.32. The minimum atomic E-state index is -0.991. The molecule has 0 unspecified atom stereocenters. The van der Waals surface area contributed by atoms with Gasteiger partial charge in [-0.25, -0.2) is 4.79 Å². The standard InChI is InChI=1S/C24H27N3O4/c1-15(2)26(16(3)4)22(28)17(5)31-24(30)21-19-13-9-10-14-20(19)23(29)27(25-21)18-11-7-6-8-12-18/h6-17H,1-5H3/t17-/m0/s1. The van der Waals surface area contributed by atoms with Gasteiger partial charge in [0.1, 0.15) is 0 Å². The average molecular weight is 421 g/mol. The van der Waals surface area contributed by atoms with Crippen LogP contribution in [-0.2, 0) is 9.53 Å². The summed E-state index contributed by atoms with van der Waals surface area (Å²) in [6.07, 6.45) is -0.991. The predicted octanol–water partition coefficient (Wildman–Crippen LogP) is 3.58. The van der Waals surface area contributed by atoms with Crippen molar-refractivity contribution in [3.8, 4) is 5.69 Å². The molecule has 162 valence electrons. The largest absolute Gasteiger partial charge is 0.448 e. The number of rotatable bonds is 6. The Morgan fingerprint density at radius 2 is 1.42 bits per heavy atom. The molecule has 0 aliphatic rings. The van der Waals surface area contributed by atoms with E-state index in [1.54, 1.807) is 60.4 Å². The van der Waals surface area contributed by atoms with E-state index in [-0.39, 0.29) is 29.2 Å². The summed E-state index contributed by atoms with van der Waals surface area (Å²) >= 11 is 0. The van der Waals surface area contributed by atoms with E-state index in [1.807, 2.05) is 33.8 Å². The number of para-hydroxylation sites is 1. The third kappa shape index (κ3) is 4.50. The van der Waals surface area contributed by atoms with Crippen molar-refractivity contribution in [1.82, 2.24) is 14.7 Å². The summed E-state index contributed by atoms with van der Waals surface area (Å²) in [5.41, 5.74) is 0.176. The van der Waals surface area contributed by atoms with Gasteiger partial charge >= 0.3 is 5.97 Å². The van der Waals surface area contributed by atoms with Gasteiger partial charge in [-0.2, -0.15) is 9.78 Å². The van der Waals surface area contributed by atoms with Crippen LogP contribution in [0.15, 0.2) is 59.4 Å². The minimum absolute atomic E-state index is 0.0145. The Morgan fingerprint density at radius 1 is 0.871 bits per heavy atom. The maximum atomic E-state index is 13.1. The number of ether oxygens (including phenoxy) is 1. The van der Waals surface area contributed by atoms with Crippen molar-refractivity contribution in [3.05, 3.63) is 70.6 Å². The first-order chi connectivity index (χ1) is 14.7. The number of hydrogen-bond acceptors (Lipinski definition) is 5. The summed E-state index contributed by atoms with van der Waals surface area (Å²) < 4.78 is 6.69. The second kappa shape index (κ2) is 9.12. The third-order valence-electron chi connectivity index (χ3n) is 5.00. The number of aromatic nitrogens is 2. The molecule has 0 saturated carbocycles. The van der Waals surface area contributed by atoms with E-state index in [4.69, 9.17) is 4.74 Å². The number of carbonyl (C=O) groups excluding carboxylic acids is 2. The molecule has 1 aromatic heterocycles. The highest BCUT2D eigenvalue weighted by Gasteiger charge is 2.29. The molecule has 3 aromatic rings. The second-order valence-corrected chi connectivity index (χ2v) is 7.93. The molecular weight excluding hydrogens is 394 g/mol. The molecule has 0 saturated heterocycles. The van der Waals surface area contributed by atoms with E-state index < -0.39 is 12.1 Å². The molecule has 0 spiro atoms. The molecule has 0 aliphatic heterocycles. The van der Waals surface area contributed by atoms with Crippen LogP contribution in [0.3, 0.4) is 0 Å². The zero-order chi connectivity index (χ0) is 22.7. The Morgan fingerprint density at radius 3 is 2.00 bits per heavy atom. The number of carbonyl (C=O) groups is 2. The van der Waals surface area contributed by atoms with Crippen LogP contribution >= 0.6 is 0 Å². The summed E-state index contributed by atoms with van der Waals surface area (Å²) in [7, 11) is 0. The highest BCUT2D eigenvalue weighted by atomic mass is 16.5. The zero-order valence-corrected chi connectivity index (χ0v) is 18.4. The van der Waals surface area contributed by atoms with E-state index in [1.165, 1.54) is 4.68 Å². The first-order valence-electron chi connectivity index (χ1n) is 10.3. The lowest BCUT2D eigenvalue weighted by atomic mass is 10.1. The average Bonchev–Trinajstić information content (AvgIpc) is 2.74. The fourth-order valence-electron chi connectivity index (χ4n) is 3.67. The smallest absolute Gasteiger partial charge is 0.360 e. The van der Waals surface area contributed by atoms with Crippen LogP contribution < -0.4 is 5.56 Å². The van der Waals surface area contributed by atoms with E-state index in [9.17, 15) is 14.4 Å². The first-order valence-corrected chi connectivity index (χ1v) is 10.3. The molecule has 1 heterocycles. The number of hydrogen-bond donors (Lipinski definition) is 0. The molecule has 7 nitrogen and oxygen atoms in total. The Balaban J connectivity index is 2.02. The number of fused-ring (bicyclic) bond motifs is 1. The molecular formula is C24H27N3O4. The van der Waals surface area contributed by atoms with Crippen molar-refractivity contribution in [2.75, 3.05) is 0 Å². The predicted molar refractivity (Wildman–Crippen MR) is 119 cm³/mol. The van der Waals surface area contributed by atoms with Crippen molar-refractivity contribution in [2.45, 2.75) is 52.8 Å². The maximum absolute atomic E-state index is 13.1. The number of amides is 1. The van der Waals surface area contributed by atoms with Crippen LogP contribution in [0.2, 0.25) is 0 Å². The van der Waals surface area contributed by atoms with Gasteiger partial charge in [0.2, 0.25) is 0 Å². The van der Waals surface area contributed by atoms with Gasteiger partial charge in [-0.1, -0.05) is 36.4 Å². The summed E-state index contributed by atoms with van der Waals surface area (Å²) in [6, 6.07) is 15.5. The van der Waals surface area contributed by atoms with Gasteiger partial charge in [0, 0.05) is 17.5 Å². The summed E-state index contributed by atoms with van der Waals surface area (Å²) in [6.45, 7) is 9.20. The van der Waals surface area contributed by atoms with Crippen LogP contribution in [0.25, 0.3) is 16.5 Å². The summed E-state index contributed by atoms with van der Waals surface area (Å²) in [5.74, 6) is -1.03. The molecule has 7 heteroatoms. The molecule has 31 heavy (non-hydrogen) atoms. The maximum Gasteiger partial charge on any atom is 0.360 e. The van der Waals surface area contributed by atoms with Crippen molar-refractivity contribution in [3.63, 3.8) is 0 Å². The fourth-order valence-corrected chi connectivity index (χ4v) is 3.67. The highest BCUT2D eigenvalue weighted by molar-refractivity contribution is 6.03. The minimum Gasteiger partial charge on any atom is -0.448 e. The zero-order valence-electron chi connectivity index (χ0n) is 18.4. The van der Waals surface area contributed by atoms with Gasteiger partial charge in [0.25, 0.3) is 11.5 Å². The van der Waals surface area contributed by atoms with Crippen LogP contribution in [0.5, 0.6) is 0 Å². The van der Waals surface area contributed by atoms with Crippen LogP contribution in [0, 0.1) is 0 Å². The molecule has 0 aliphatic carbocycles. The highest BCUT2D eigenvalue weighted by Crippen LogP contribution is 2.18. The van der Waals surface area contributed by atoms with E-state index in [0.29, 0.717) is 16.5 Å². The van der Waals surface area contributed by atoms with Crippen LogP contribution in [0.1, 0.15) is 45.1 Å². The molecule has 0 N–H and O–H groups in total. The lowest BCUT2D eigenvalue weighted by Crippen LogP contribution is -2.47. The normalized spacial score (nSPS) is 12.2. The number of nitrogens with zero attached hydrogens (tertiary/aromatic N) is 3. The third-order valence-corrected chi connectivity index (χ3v) is 5.00. The SMILES string of the molecule is CC(C)N(C(=O)[C@H](C)OC(=O)c1nn(-c2ccccc2)c(=O)c2ccccc12)C(C)C. The Labute approximate surface area is 181 Å². The van der Waals surface area contributed by atoms with Crippen molar-refractivity contribution < 1.29 is 14.3 Å². The van der Waals surface area contributed by atoms with E-state index in [0.717, 1.165) is 0 Å². The first kappa shape index (κ1) is 22.2. The molecule has 2 aromatic carbocycles. The molecule has 3 rings (SSSR count). The molecule has 0 radical (unpaired) electrons. The van der Waals surface area contributed by atoms with Gasteiger partial charge in [0.15, 0.2) is 11.8 Å². The van der Waals surface area contributed by atoms with Gasteiger partial charge in [-0.3, -0.25) is 9.59 Å². The topological polar surface area (TPSA) is 81.5 Å². The van der Waals surface area contributed by atoms with Gasteiger partial charge in [-0.15, -0.1) is 0 Å². The van der Waals surface area contributed by atoms with Crippen LogP contribution in [-0.4, -0.2) is 44.7 Å². The van der Waals surface area contributed by atoms with Crippen LogP contribution in [0.4, 0.5) is 0 Å². The number of esters is 1. The van der Waals surface area contributed by atoms with Gasteiger partial charge in [0.05, 0.1) is 11.1 Å². The van der Waals surface area contributed by atoms with E-state index in [2.05, 4.69) is 5.10 Å². The van der Waals surface area contributed by atoms with Crippen molar-refractivity contribution >= 4 is 22.6 Å². The van der Waals surface area contributed by atoms with Gasteiger partial charge in [-0.05, 0) is 52.8 Å². The molecule has 1 atom stereocenters. The quantitative estimate of drug-likeness (QED) is 0.568. The second-order valence-electron chi connectivity index (χ2n) is 7.93. The molecule has 0 bridgehead atoms. The molecule has 0 fully saturated rings. The van der Waals surface area contributed by atoms with Gasteiger partial charge < -0.3 is 9.64 Å². The number of benzene rings is 2. The lowest BCUT2D eigenvalue weighted by molar-refractivity contribution is -0.143. The van der Waals surface area contributed by atoms with Crippen molar-refractivity contribution in [1.29, 1.82) is 0 Å². The van der Waals surface area contributed by atoms with Crippen molar-refractivity contribution in [2.24, 2.45) is 0 Å². The fraction of sp³-hybridized carbons (Fsp3) is 0.333. The Kier molecular flexibility index (Phi) is 6.53.